The van der Waals surface area contributed by atoms with Crippen LogP contribution in [0.4, 0.5) is 5.69 Å². The molecule has 2 N–H and O–H groups in total. The predicted octanol–water partition coefficient (Wildman–Crippen LogP) is 4.31. The zero-order valence-electron chi connectivity index (χ0n) is 18.5. The van der Waals surface area contributed by atoms with Crippen LogP contribution in [-0.4, -0.2) is 46.2 Å². The Hall–Kier alpha value is -2.38. The molecule has 166 valence electrons. The molecule has 3 heterocycles. The van der Waals surface area contributed by atoms with Crippen molar-refractivity contribution in [2.45, 2.75) is 52.5 Å². The number of nitrogens with zero attached hydrogens (tertiary/aromatic N) is 3. The minimum absolute atomic E-state index is 0.0304. The molecule has 1 aromatic carbocycles. The number of hydrogen-bond donors (Lipinski definition) is 2. The number of aromatic amines is 1. The van der Waals surface area contributed by atoms with E-state index in [1.807, 2.05) is 32.0 Å². The Morgan fingerprint density at radius 3 is 2.65 bits per heavy atom. The number of thiophene rings is 1. The molecule has 1 aliphatic carbocycles. The maximum Gasteiger partial charge on any atom is 0.259 e. The molecule has 0 atom stereocenters. The Morgan fingerprint density at radius 1 is 1.10 bits per heavy atom. The lowest BCUT2D eigenvalue weighted by atomic mass is 10.1. The Morgan fingerprint density at radius 2 is 1.87 bits per heavy atom. The number of anilines is 1. The first-order chi connectivity index (χ1) is 15.2. The number of aromatic hydroxyl groups is 1. The number of benzene rings is 1. The van der Waals surface area contributed by atoms with Crippen molar-refractivity contribution < 1.29 is 5.11 Å². The third-order valence-corrected chi connectivity index (χ3v) is 7.25. The van der Waals surface area contributed by atoms with Crippen LogP contribution < -0.4 is 10.5 Å². The lowest BCUT2D eigenvalue weighted by molar-refractivity contribution is 0.244. The van der Waals surface area contributed by atoms with Crippen LogP contribution in [0.2, 0.25) is 0 Å². The van der Waals surface area contributed by atoms with E-state index < -0.39 is 0 Å². The van der Waals surface area contributed by atoms with Gasteiger partial charge in [0.25, 0.3) is 5.56 Å². The first-order valence-corrected chi connectivity index (χ1v) is 12.3. The number of fused-ring (bicyclic) bond motifs is 3. The molecule has 0 spiro atoms. The highest BCUT2D eigenvalue weighted by atomic mass is 32.1. The van der Waals surface area contributed by atoms with Crippen LogP contribution in [-0.2, 0) is 19.4 Å². The second-order valence-corrected chi connectivity index (χ2v) is 9.12. The van der Waals surface area contributed by atoms with E-state index in [-0.39, 0.29) is 5.56 Å². The van der Waals surface area contributed by atoms with Gasteiger partial charge in [0.1, 0.15) is 16.4 Å². The zero-order chi connectivity index (χ0) is 21.8. The van der Waals surface area contributed by atoms with E-state index in [2.05, 4.69) is 14.8 Å². The van der Waals surface area contributed by atoms with E-state index >= 15 is 0 Å². The highest BCUT2D eigenvalue weighted by molar-refractivity contribution is 7.18. The number of phenols is 1. The fourth-order valence-electron chi connectivity index (χ4n) is 4.53. The van der Waals surface area contributed by atoms with Crippen LogP contribution in [0.25, 0.3) is 10.2 Å². The molecule has 31 heavy (non-hydrogen) atoms. The average Bonchev–Trinajstić information content (AvgIpc) is 2.97. The lowest BCUT2D eigenvalue weighted by Crippen LogP contribution is -2.46. The largest absolute Gasteiger partial charge is 0.508 e. The molecule has 0 radical (unpaired) electrons. The topological polar surface area (TPSA) is 72.5 Å². The number of H-pyrrole nitrogens is 1. The highest BCUT2D eigenvalue weighted by Crippen LogP contribution is 2.33. The molecular formula is C24H32N4O2S. The monoisotopic (exact) mass is 440 g/mol. The van der Waals surface area contributed by atoms with Crippen LogP contribution >= 0.6 is 11.3 Å². The van der Waals surface area contributed by atoms with Gasteiger partial charge >= 0.3 is 0 Å². The summed E-state index contributed by atoms with van der Waals surface area (Å²) >= 11 is 1.72. The van der Waals surface area contributed by atoms with Gasteiger partial charge in [0.05, 0.1) is 11.9 Å². The van der Waals surface area contributed by atoms with E-state index in [1.165, 1.54) is 29.7 Å². The maximum atomic E-state index is 12.8. The Kier molecular flexibility index (Phi) is 6.92. The van der Waals surface area contributed by atoms with Crippen molar-refractivity contribution in [1.82, 2.24) is 14.9 Å². The van der Waals surface area contributed by atoms with E-state index in [4.69, 9.17) is 4.98 Å². The smallest absolute Gasteiger partial charge is 0.259 e. The summed E-state index contributed by atoms with van der Waals surface area (Å²) in [6.07, 6.45) is 5.73. The molecule has 6 nitrogen and oxygen atoms in total. The normalized spacial score (nSPS) is 17.0. The molecule has 2 aromatic heterocycles. The summed E-state index contributed by atoms with van der Waals surface area (Å²) in [4.78, 5) is 27.6. The summed E-state index contributed by atoms with van der Waals surface area (Å²) in [7, 11) is 0. The summed E-state index contributed by atoms with van der Waals surface area (Å²) in [5.74, 6) is 1.07. The fraction of sp³-hybridized carbons (Fsp3) is 0.500. The zero-order valence-corrected chi connectivity index (χ0v) is 19.3. The molecular weight excluding hydrogens is 408 g/mol. The average molecular weight is 441 g/mol. The van der Waals surface area contributed by atoms with Crippen LogP contribution in [0.5, 0.6) is 5.75 Å². The van der Waals surface area contributed by atoms with Crippen LogP contribution in [0.15, 0.2) is 29.1 Å². The molecule has 1 fully saturated rings. The quantitative estimate of drug-likeness (QED) is 0.594. The van der Waals surface area contributed by atoms with Crippen molar-refractivity contribution in [3.63, 3.8) is 0 Å². The molecule has 7 heteroatoms. The molecule has 5 rings (SSSR count). The van der Waals surface area contributed by atoms with Gasteiger partial charge in [-0.15, -0.1) is 11.3 Å². The first-order valence-electron chi connectivity index (χ1n) is 11.5. The van der Waals surface area contributed by atoms with Crippen molar-refractivity contribution >= 4 is 27.2 Å². The third-order valence-electron chi connectivity index (χ3n) is 6.06. The summed E-state index contributed by atoms with van der Waals surface area (Å²) in [5.41, 5.74) is 2.34. The van der Waals surface area contributed by atoms with Gasteiger partial charge in [0, 0.05) is 42.8 Å². The number of piperazine rings is 1. The number of aromatic nitrogens is 2. The van der Waals surface area contributed by atoms with E-state index in [1.54, 1.807) is 17.4 Å². The van der Waals surface area contributed by atoms with Crippen LogP contribution in [0.3, 0.4) is 0 Å². The Bertz CT molecular complexity index is 1080. The predicted molar refractivity (Wildman–Crippen MR) is 128 cm³/mol. The van der Waals surface area contributed by atoms with E-state index in [0.29, 0.717) is 12.3 Å². The van der Waals surface area contributed by atoms with Gasteiger partial charge in [-0.1, -0.05) is 26.3 Å². The Labute approximate surface area is 187 Å². The molecule has 0 bridgehead atoms. The van der Waals surface area contributed by atoms with Crippen molar-refractivity contribution in [3.05, 3.63) is 50.9 Å². The van der Waals surface area contributed by atoms with E-state index in [9.17, 15) is 9.90 Å². The number of aryl methyl sites for hydroxylation is 2. The third kappa shape index (κ3) is 4.77. The molecule has 0 unspecified atom stereocenters. The second-order valence-electron chi connectivity index (χ2n) is 8.04. The van der Waals surface area contributed by atoms with Gasteiger partial charge in [0.2, 0.25) is 0 Å². The molecule has 1 saturated heterocycles. The van der Waals surface area contributed by atoms with Gasteiger partial charge in [-0.25, -0.2) is 4.98 Å². The van der Waals surface area contributed by atoms with Crippen LogP contribution in [0, 0.1) is 0 Å². The SMILES string of the molecule is CC.O=c1[nH]c(CN2CCN(c3cccc(O)c3)CC2)nc2sc3c(c12)CCCCC3. The number of rotatable bonds is 3. The summed E-state index contributed by atoms with van der Waals surface area (Å²) < 4.78 is 0. The van der Waals surface area contributed by atoms with Crippen molar-refractivity contribution in [1.29, 1.82) is 0 Å². The number of nitrogens with one attached hydrogen (secondary N) is 1. The molecule has 3 aromatic rings. The van der Waals surface area contributed by atoms with Gasteiger partial charge < -0.3 is 15.0 Å². The Balaban J connectivity index is 0.00000112. The van der Waals surface area contributed by atoms with E-state index in [0.717, 1.165) is 60.7 Å². The molecule has 0 saturated carbocycles. The van der Waals surface area contributed by atoms with Gasteiger partial charge in [0.15, 0.2) is 0 Å². The van der Waals surface area contributed by atoms with Gasteiger partial charge in [-0.2, -0.15) is 0 Å². The van der Waals surface area contributed by atoms with Crippen LogP contribution in [0.1, 0.15) is 49.4 Å². The van der Waals surface area contributed by atoms with Crippen molar-refractivity contribution in [2.24, 2.45) is 0 Å². The fourth-order valence-corrected chi connectivity index (χ4v) is 5.81. The number of phenolic OH excluding ortho intramolecular Hbond substituents is 1. The lowest BCUT2D eigenvalue weighted by Gasteiger charge is -2.35. The first kappa shape index (κ1) is 21.8. The molecule has 1 aliphatic heterocycles. The standard InChI is InChI=1S/C22H26N4O2S.C2H6/c27-16-6-4-5-15(13-16)26-11-9-25(10-12-26)14-19-23-21(28)20-17-7-2-1-3-8-18(17)29-22(20)24-19;1-2/h4-6,13,27H,1-3,7-12,14H2,(H,23,24,28);1-2H3. The van der Waals surface area contributed by atoms with Crippen molar-refractivity contribution in [2.75, 3.05) is 31.1 Å². The minimum atomic E-state index is 0.0304. The second kappa shape index (κ2) is 9.83. The van der Waals surface area contributed by atoms with Crippen molar-refractivity contribution in [3.8, 4) is 5.75 Å². The summed E-state index contributed by atoms with van der Waals surface area (Å²) in [5, 5.41) is 10.5. The summed E-state index contributed by atoms with van der Waals surface area (Å²) in [6.45, 7) is 8.25. The molecule has 2 aliphatic rings. The van der Waals surface area contributed by atoms with Gasteiger partial charge in [-0.3, -0.25) is 9.69 Å². The summed E-state index contributed by atoms with van der Waals surface area (Å²) in [6, 6.07) is 7.41. The maximum absolute atomic E-state index is 12.8. The molecule has 0 amide bonds. The minimum Gasteiger partial charge on any atom is -0.508 e. The highest BCUT2D eigenvalue weighted by Gasteiger charge is 2.21. The number of hydrogen-bond acceptors (Lipinski definition) is 6. The van der Waals surface area contributed by atoms with Gasteiger partial charge in [-0.05, 0) is 43.4 Å².